The summed E-state index contributed by atoms with van der Waals surface area (Å²) in [6, 6.07) is 0. The van der Waals surface area contributed by atoms with Crippen LogP contribution in [0.3, 0.4) is 0 Å². The molecule has 0 radical (unpaired) electrons. The van der Waals surface area contributed by atoms with Crippen molar-refractivity contribution in [1.82, 2.24) is 0 Å². The second-order valence-electron chi connectivity index (χ2n) is 5.43. The van der Waals surface area contributed by atoms with Crippen LogP contribution in [0, 0.1) is 0 Å². The molecule has 1 atom stereocenters. The first-order valence-corrected chi connectivity index (χ1v) is 5.91. The smallest absolute Gasteiger partial charge is 0.402 e. The van der Waals surface area contributed by atoms with Gasteiger partial charge in [0.05, 0.1) is 11.2 Å². The van der Waals surface area contributed by atoms with Crippen molar-refractivity contribution in [3.63, 3.8) is 0 Å². The number of rotatable bonds is 4. The fraction of sp³-hybridized carbons (Fsp3) is 1.00. The first-order valence-electron chi connectivity index (χ1n) is 5.91. The molecule has 1 rings (SSSR count). The van der Waals surface area contributed by atoms with E-state index in [-0.39, 0.29) is 36.7 Å². The summed E-state index contributed by atoms with van der Waals surface area (Å²) in [5.41, 5.74) is 5.53. The zero-order valence-corrected chi connectivity index (χ0v) is 11.9. The topological polar surface area (TPSA) is 44.5 Å². The lowest BCUT2D eigenvalue weighted by molar-refractivity contribution is 0.00578. The Balaban J connectivity index is 0.00000225. The van der Waals surface area contributed by atoms with Gasteiger partial charge in [0.15, 0.2) is 0 Å². The van der Waals surface area contributed by atoms with Gasteiger partial charge in [0.1, 0.15) is 0 Å². The molecule has 0 aliphatic carbocycles. The average molecular weight is 250 g/mol. The molecule has 16 heavy (non-hydrogen) atoms. The first-order chi connectivity index (χ1) is 6.80. The molecule has 1 aliphatic heterocycles. The highest BCUT2D eigenvalue weighted by Gasteiger charge is 2.52. The average Bonchev–Trinajstić information content (AvgIpc) is 2.32. The number of nitrogens with two attached hydrogens (primary N) is 1. The Labute approximate surface area is 106 Å². The summed E-state index contributed by atoms with van der Waals surface area (Å²) < 4.78 is 11.8. The van der Waals surface area contributed by atoms with Gasteiger partial charge in [-0.05, 0) is 34.1 Å². The molecule has 96 valence electrons. The van der Waals surface area contributed by atoms with Gasteiger partial charge < -0.3 is 15.0 Å². The lowest BCUT2D eigenvalue weighted by atomic mass is 9.76. The van der Waals surface area contributed by atoms with Crippen molar-refractivity contribution in [3.05, 3.63) is 0 Å². The third-order valence-electron chi connectivity index (χ3n) is 3.51. The molecule has 2 N–H and O–H groups in total. The molecular weight excluding hydrogens is 224 g/mol. The van der Waals surface area contributed by atoms with E-state index in [2.05, 4.69) is 34.6 Å². The number of hydrogen-bond donors (Lipinski definition) is 1. The maximum Gasteiger partial charge on any atom is 0.475 e. The Kier molecular flexibility index (Phi) is 5.80. The van der Waals surface area contributed by atoms with Crippen LogP contribution in [0.15, 0.2) is 0 Å². The molecule has 1 heterocycles. The largest absolute Gasteiger partial charge is 0.475 e. The Morgan fingerprint density at radius 2 is 1.56 bits per heavy atom. The van der Waals surface area contributed by atoms with Crippen LogP contribution < -0.4 is 5.73 Å². The molecule has 1 saturated heterocycles. The van der Waals surface area contributed by atoms with Gasteiger partial charge >= 0.3 is 7.12 Å². The lowest BCUT2D eigenvalue weighted by Gasteiger charge is -2.32. The fourth-order valence-electron chi connectivity index (χ4n) is 1.64. The number of halogens is 1. The molecule has 1 aliphatic rings. The van der Waals surface area contributed by atoms with Crippen molar-refractivity contribution in [1.29, 1.82) is 0 Å². The van der Waals surface area contributed by atoms with Crippen LogP contribution in [-0.4, -0.2) is 24.3 Å². The maximum atomic E-state index is 6.06. The molecule has 0 saturated carbocycles. The normalized spacial score (nSPS) is 24.0. The van der Waals surface area contributed by atoms with Crippen LogP contribution in [0.4, 0.5) is 0 Å². The van der Waals surface area contributed by atoms with Crippen LogP contribution in [-0.2, 0) is 9.31 Å². The zero-order valence-electron chi connectivity index (χ0n) is 11.1. The van der Waals surface area contributed by atoms with Crippen LogP contribution >= 0.6 is 12.4 Å². The Bertz CT molecular complexity index is 208. The van der Waals surface area contributed by atoms with Crippen molar-refractivity contribution < 1.29 is 9.31 Å². The minimum absolute atomic E-state index is 0. The van der Waals surface area contributed by atoms with E-state index in [9.17, 15) is 0 Å². The van der Waals surface area contributed by atoms with Gasteiger partial charge in [-0.3, -0.25) is 0 Å². The van der Waals surface area contributed by atoms with Crippen LogP contribution in [0.2, 0.25) is 0 Å². The highest BCUT2D eigenvalue weighted by Crippen LogP contribution is 2.37. The van der Waals surface area contributed by atoms with Gasteiger partial charge in [-0.2, -0.15) is 0 Å². The van der Waals surface area contributed by atoms with Crippen LogP contribution in [0.25, 0.3) is 0 Å². The molecular formula is C11H25BClNO2. The summed E-state index contributed by atoms with van der Waals surface area (Å²) in [5.74, 6) is -0.00833. The third-order valence-corrected chi connectivity index (χ3v) is 3.51. The predicted octanol–water partition coefficient (Wildman–Crippen LogP) is 2.56. The molecule has 0 aromatic carbocycles. The second kappa shape index (κ2) is 5.72. The molecule has 0 spiro atoms. The SMILES string of the molecule is CCCCC(N)B1OC(C)(C)C(C)(C)O1.Cl. The lowest BCUT2D eigenvalue weighted by Crippen LogP contribution is -2.41. The van der Waals surface area contributed by atoms with E-state index in [1.54, 1.807) is 0 Å². The summed E-state index contributed by atoms with van der Waals surface area (Å²) in [6.07, 6.45) is 3.26. The highest BCUT2D eigenvalue weighted by molar-refractivity contribution is 6.47. The summed E-state index contributed by atoms with van der Waals surface area (Å²) in [4.78, 5) is 0. The number of hydrogen-bond acceptors (Lipinski definition) is 3. The monoisotopic (exact) mass is 249 g/mol. The number of unbranched alkanes of at least 4 members (excludes halogenated alkanes) is 1. The molecule has 0 aromatic heterocycles. The molecule has 1 fully saturated rings. The summed E-state index contributed by atoms with van der Waals surface area (Å²) in [7, 11) is -0.249. The van der Waals surface area contributed by atoms with Gasteiger partial charge in [0.2, 0.25) is 0 Å². The van der Waals surface area contributed by atoms with E-state index < -0.39 is 0 Å². The summed E-state index contributed by atoms with van der Waals surface area (Å²) in [6.45, 7) is 10.4. The van der Waals surface area contributed by atoms with Crippen molar-refractivity contribution in [2.45, 2.75) is 71.0 Å². The van der Waals surface area contributed by atoms with Crippen LogP contribution in [0.1, 0.15) is 53.9 Å². The first kappa shape index (κ1) is 16.2. The van der Waals surface area contributed by atoms with Gasteiger partial charge in [0, 0.05) is 5.94 Å². The molecule has 3 nitrogen and oxygen atoms in total. The molecule has 5 heteroatoms. The Hall–Kier alpha value is 0.235. The zero-order chi connectivity index (χ0) is 11.7. The van der Waals surface area contributed by atoms with Gasteiger partial charge in [-0.15, -0.1) is 12.4 Å². The van der Waals surface area contributed by atoms with Gasteiger partial charge in [-0.1, -0.05) is 19.8 Å². The van der Waals surface area contributed by atoms with E-state index in [1.807, 2.05) is 0 Å². The molecule has 1 unspecified atom stereocenters. The summed E-state index contributed by atoms with van der Waals surface area (Å²) >= 11 is 0. The third kappa shape index (κ3) is 3.36. The Morgan fingerprint density at radius 1 is 1.12 bits per heavy atom. The van der Waals surface area contributed by atoms with E-state index in [1.165, 1.54) is 0 Å². The van der Waals surface area contributed by atoms with E-state index in [0.29, 0.717) is 0 Å². The van der Waals surface area contributed by atoms with Crippen molar-refractivity contribution in [2.75, 3.05) is 0 Å². The van der Waals surface area contributed by atoms with Crippen molar-refractivity contribution >= 4 is 19.5 Å². The minimum atomic E-state index is -0.262. The Morgan fingerprint density at radius 3 is 1.94 bits per heavy atom. The van der Waals surface area contributed by atoms with E-state index in [4.69, 9.17) is 15.0 Å². The van der Waals surface area contributed by atoms with E-state index >= 15 is 0 Å². The van der Waals surface area contributed by atoms with Gasteiger partial charge in [-0.25, -0.2) is 0 Å². The molecule has 0 amide bonds. The standard InChI is InChI=1S/C11H24BNO2.ClH/c1-6-7-8-9(13)12-14-10(2,3)11(4,5)15-12;/h9H,6-8,13H2,1-5H3;1H. The van der Waals surface area contributed by atoms with Crippen LogP contribution in [0.5, 0.6) is 0 Å². The maximum absolute atomic E-state index is 6.06. The second-order valence-corrected chi connectivity index (χ2v) is 5.43. The van der Waals surface area contributed by atoms with Crippen molar-refractivity contribution in [2.24, 2.45) is 5.73 Å². The quantitative estimate of drug-likeness (QED) is 0.779. The highest BCUT2D eigenvalue weighted by atomic mass is 35.5. The van der Waals surface area contributed by atoms with E-state index in [0.717, 1.165) is 19.3 Å². The molecule has 0 bridgehead atoms. The molecule has 0 aromatic rings. The predicted molar refractivity (Wildman–Crippen MR) is 70.8 cm³/mol. The van der Waals surface area contributed by atoms with Crippen molar-refractivity contribution in [3.8, 4) is 0 Å². The van der Waals surface area contributed by atoms with Gasteiger partial charge in [0.25, 0.3) is 0 Å². The fourth-order valence-corrected chi connectivity index (χ4v) is 1.64. The summed E-state index contributed by atoms with van der Waals surface area (Å²) in [5, 5.41) is 0. The minimum Gasteiger partial charge on any atom is -0.402 e.